The number of carbonyl (C=O) groups excluding carboxylic acids is 3. The van der Waals surface area contributed by atoms with Crippen molar-refractivity contribution in [3.63, 3.8) is 0 Å². The zero-order chi connectivity index (χ0) is 25.0. The summed E-state index contributed by atoms with van der Waals surface area (Å²) in [5, 5.41) is 3.19. The molecule has 1 aromatic heterocycles. The SMILES string of the molecule is CCc1cn(CCCOC(=O)C2CCC(C(=O)C(C)C)CC2)c2c1C(=O)NCC1(CCOCC1)C2. The van der Waals surface area contributed by atoms with Crippen molar-refractivity contribution in [2.24, 2.45) is 23.2 Å². The Labute approximate surface area is 209 Å². The second-order valence-electron chi connectivity index (χ2n) is 11.1. The molecule has 0 atom stereocenters. The summed E-state index contributed by atoms with van der Waals surface area (Å²) in [5.41, 5.74) is 3.12. The van der Waals surface area contributed by atoms with E-state index in [1.165, 1.54) is 0 Å². The molecule has 3 heterocycles. The van der Waals surface area contributed by atoms with Crippen molar-refractivity contribution < 1.29 is 23.9 Å². The third kappa shape index (κ3) is 5.82. The number of fused-ring (bicyclic) bond motifs is 1. The molecule has 7 nitrogen and oxygen atoms in total. The molecule has 4 rings (SSSR count). The highest BCUT2D eigenvalue weighted by molar-refractivity contribution is 5.97. The second kappa shape index (κ2) is 11.3. The number of aromatic nitrogens is 1. The predicted molar refractivity (Wildman–Crippen MR) is 133 cm³/mol. The van der Waals surface area contributed by atoms with Crippen LogP contribution in [0.15, 0.2) is 6.20 Å². The average molecular weight is 487 g/mol. The number of hydrogen-bond donors (Lipinski definition) is 1. The Morgan fingerprint density at radius 3 is 2.51 bits per heavy atom. The molecule has 35 heavy (non-hydrogen) atoms. The van der Waals surface area contributed by atoms with Crippen LogP contribution in [0.5, 0.6) is 0 Å². The topological polar surface area (TPSA) is 86.6 Å². The summed E-state index contributed by atoms with van der Waals surface area (Å²) in [6, 6.07) is 0. The Hall–Kier alpha value is -2.15. The van der Waals surface area contributed by atoms with Gasteiger partial charge >= 0.3 is 5.97 Å². The van der Waals surface area contributed by atoms with Crippen molar-refractivity contribution in [3.05, 3.63) is 23.0 Å². The lowest BCUT2D eigenvalue weighted by molar-refractivity contribution is -0.150. The van der Waals surface area contributed by atoms with Crippen molar-refractivity contribution in [1.29, 1.82) is 0 Å². The van der Waals surface area contributed by atoms with Crippen LogP contribution in [0, 0.1) is 23.2 Å². The van der Waals surface area contributed by atoms with Crippen molar-refractivity contribution in [1.82, 2.24) is 9.88 Å². The number of Topliss-reactive ketones (excluding diaryl/α,β-unsaturated/α-hetero) is 1. The second-order valence-corrected chi connectivity index (χ2v) is 11.1. The summed E-state index contributed by atoms with van der Waals surface area (Å²) >= 11 is 0. The Morgan fingerprint density at radius 2 is 1.86 bits per heavy atom. The summed E-state index contributed by atoms with van der Waals surface area (Å²) in [5.74, 6) is 0.321. The molecule has 2 aliphatic heterocycles. The van der Waals surface area contributed by atoms with Gasteiger partial charge in [0, 0.05) is 50.0 Å². The van der Waals surface area contributed by atoms with Crippen LogP contribution in [-0.2, 0) is 38.4 Å². The van der Waals surface area contributed by atoms with E-state index in [1.54, 1.807) is 0 Å². The standard InChI is InChI=1S/C28H42N2O5/c1-4-20-17-30(23-16-28(10-14-34-15-11-28)18-29-26(32)24(20)23)12-5-13-35-27(33)22-8-6-21(7-9-22)25(31)19(2)3/h17,19,21-22H,4-16,18H2,1-3H3,(H,29,32). The molecule has 3 aliphatic rings. The summed E-state index contributed by atoms with van der Waals surface area (Å²) in [7, 11) is 0. The van der Waals surface area contributed by atoms with E-state index >= 15 is 0 Å². The lowest BCUT2D eigenvalue weighted by Gasteiger charge is -2.36. The molecule has 1 saturated carbocycles. The van der Waals surface area contributed by atoms with Gasteiger partial charge in [-0.1, -0.05) is 20.8 Å². The minimum Gasteiger partial charge on any atom is -0.465 e. The molecule has 0 unspecified atom stereocenters. The van der Waals surface area contributed by atoms with Crippen molar-refractivity contribution in [2.45, 2.75) is 85.1 Å². The zero-order valence-corrected chi connectivity index (χ0v) is 21.7. The van der Waals surface area contributed by atoms with Gasteiger partial charge in [-0.25, -0.2) is 0 Å². The first-order chi connectivity index (χ1) is 16.8. The Bertz CT molecular complexity index is 920. The van der Waals surface area contributed by atoms with Crippen LogP contribution < -0.4 is 5.32 Å². The number of aryl methyl sites for hydroxylation is 2. The third-order valence-electron chi connectivity index (χ3n) is 8.42. The van der Waals surface area contributed by atoms with E-state index in [9.17, 15) is 14.4 Å². The predicted octanol–water partition coefficient (Wildman–Crippen LogP) is 4.10. The van der Waals surface area contributed by atoms with Gasteiger partial charge in [-0.2, -0.15) is 0 Å². The lowest BCUT2D eigenvalue weighted by atomic mass is 9.76. The molecule has 2 fully saturated rings. The van der Waals surface area contributed by atoms with Crippen molar-refractivity contribution in [3.8, 4) is 0 Å². The minimum atomic E-state index is -0.124. The molecule has 0 aromatic carbocycles. The summed E-state index contributed by atoms with van der Waals surface area (Å²) in [4.78, 5) is 37.8. The molecule has 194 valence electrons. The largest absolute Gasteiger partial charge is 0.465 e. The molecule has 0 bridgehead atoms. The fraction of sp³-hybridized carbons (Fsp3) is 0.750. The lowest BCUT2D eigenvalue weighted by Crippen LogP contribution is -2.40. The summed E-state index contributed by atoms with van der Waals surface area (Å²) < 4.78 is 13.5. The van der Waals surface area contributed by atoms with Gasteiger partial charge in [0.15, 0.2) is 0 Å². The number of amides is 1. The number of ketones is 1. The maximum atomic E-state index is 13.0. The molecule has 7 heteroatoms. The van der Waals surface area contributed by atoms with Gasteiger partial charge in [0.2, 0.25) is 0 Å². The van der Waals surface area contributed by atoms with Gasteiger partial charge in [-0.05, 0) is 68.8 Å². The van der Waals surface area contributed by atoms with Crippen LogP contribution in [0.2, 0.25) is 0 Å². The van der Waals surface area contributed by atoms with E-state index in [4.69, 9.17) is 9.47 Å². The number of hydrogen-bond acceptors (Lipinski definition) is 5. The molecular formula is C28H42N2O5. The molecule has 0 radical (unpaired) electrons. The molecule has 1 spiro atoms. The first kappa shape index (κ1) is 25.9. The van der Waals surface area contributed by atoms with Gasteiger partial charge in [-0.15, -0.1) is 0 Å². The Balaban J connectivity index is 1.32. The normalized spacial score (nSPS) is 24.1. The first-order valence-corrected chi connectivity index (χ1v) is 13.6. The number of ether oxygens (including phenoxy) is 2. The summed E-state index contributed by atoms with van der Waals surface area (Å²) in [6.45, 7) is 9.29. The number of rotatable bonds is 8. The van der Waals surface area contributed by atoms with E-state index in [1.807, 2.05) is 13.8 Å². The van der Waals surface area contributed by atoms with Crippen LogP contribution in [-0.4, -0.2) is 48.6 Å². The van der Waals surface area contributed by atoms with Gasteiger partial charge in [-0.3, -0.25) is 14.4 Å². The first-order valence-electron chi connectivity index (χ1n) is 13.6. The maximum Gasteiger partial charge on any atom is 0.308 e. The quantitative estimate of drug-likeness (QED) is 0.442. The van der Waals surface area contributed by atoms with Crippen LogP contribution in [0.25, 0.3) is 0 Å². The van der Waals surface area contributed by atoms with Gasteiger partial charge in [0.25, 0.3) is 5.91 Å². The van der Waals surface area contributed by atoms with E-state index in [0.29, 0.717) is 18.9 Å². The number of esters is 1. The van der Waals surface area contributed by atoms with Crippen molar-refractivity contribution >= 4 is 17.7 Å². The number of carbonyl (C=O) groups is 3. The fourth-order valence-corrected chi connectivity index (χ4v) is 6.14. The van der Waals surface area contributed by atoms with Gasteiger partial charge in [0.05, 0.1) is 18.1 Å². The van der Waals surface area contributed by atoms with E-state index in [0.717, 1.165) is 94.4 Å². The molecule has 1 amide bonds. The minimum absolute atomic E-state index is 0.0388. The van der Waals surface area contributed by atoms with E-state index in [-0.39, 0.29) is 35.0 Å². The van der Waals surface area contributed by atoms with E-state index < -0.39 is 0 Å². The molecule has 1 aliphatic carbocycles. The van der Waals surface area contributed by atoms with E-state index in [2.05, 4.69) is 23.0 Å². The fourth-order valence-electron chi connectivity index (χ4n) is 6.14. The van der Waals surface area contributed by atoms with Crippen LogP contribution in [0.3, 0.4) is 0 Å². The zero-order valence-electron chi connectivity index (χ0n) is 21.7. The maximum absolute atomic E-state index is 13.0. The molecule has 1 aromatic rings. The molecular weight excluding hydrogens is 444 g/mol. The smallest absolute Gasteiger partial charge is 0.308 e. The third-order valence-corrected chi connectivity index (χ3v) is 8.42. The average Bonchev–Trinajstić information content (AvgIpc) is 3.15. The number of nitrogens with zero attached hydrogens (tertiary/aromatic N) is 1. The Morgan fingerprint density at radius 1 is 1.17 bits per heavy atom. The van der Waals surface area contributed by atoms with Crippen LogP contribution in [0.1, 0.15) is 87.3 Å². The number of nitrogens with one attached hydrogen (secondary N) is 1. The van der Waals surface area contributed by atoms with Gasteiger partial charge in [0.1, 0.15) is 5.78 Å². The molecule has 1 N–H and O–H groups in total. The highest BCUT2D eigenvalue weighted by Crippen LogP contribution is 2.38. The van der Waals surface area contributed by atoms with Crippen LogP contribution in [0.4, 0.5) is 0 Å². The monoisotopic (exact) mass is 486 g/mol. The Kier molecular flexibility index (Phi) is 8.35. The highest BCUT2D eigenvalue weighted by Gasteiger charge is 2.39. The van der Waals surface area contributed by atoms with Gasteiger partial charge < -0.3 is 19.4 Å². The summed E-state index contributed by atoms with van der Waals surface area (Å²) in [6.07, 6.45) is 9.53. The van der Waals surface area contributed by atoms with Crippen molar-refractivity contribution in [2.75, 3.05) is 26.4 Å². The van der Waals surface area contributed by atoms with Crippen LogP contribution >= 0.6 is 0 Å². The highest BCUT2D eigenvalue weighted by atomic mass is 16.5. The molecule has 1 saturated heterocycles.